The van der Waals surface area contributed by atoms with Crippen LogP contribution in [0.25, 0.3) is 0 Å². The first-order valence-corrected chi connectivity index (χ1v) is 10.8. The highest BCUT2D eigenvalue weighted by Gasteiger charge is 2.26. The van der Waals surface area contributed by atoms with Crippen molar-refractivity contribution >= 4 is 5.78 Å². The number of fused-ring (bicyclic) bond motifs is 1. The standard InChI is InChI=1S/C27H28O5/c1-16-4-6-18(7-5-16)24-13-10-21-14-20(26(30)17(2)27(21)32-24)9-11-22(28)19-8-12-23(29)25(15-19)31-3/h4-8,12,14-15,24,29-30H,9-11,13H2,1-3H3/t24-/m0/s1. The molecule has 3 aromatic rings. The van der Waals surface area contributed by atoms with E-state index in [4.69, 9.17) is 9.47 Å². The van der Waals surface area contributed by atoms with E-state index < -0.39 is 0 Å². The first-order valence-electron chi connectivity index (χ1n) is 10.8. The molecule has 1 aliphatic heterocycles. The number of hydrogen-bond acceptors (Lipinski definition) is 5. The van der Waals surface area contributed by atoms with Crippen LogP contribution in [0.4, 0.5) is 0 Å². The minimum Gasteiger partial charge on any atom is -0.507 e. The van der Waals surface area contributed by atoms with Gasteiger partial charge in [-0.05, 0) is 74.1 Å². The number of methoxy groups -OCH3 is 1. The van der Waals surface area contributed by atoms with Crippen LogP contribution >= 0.6 is 0 Å². The third-order valence-corrected chi connectivity index (χ3v) is 6.15. The fraction of sp³-hybridized carbons (Fsp3) is 0.296. The van der Waals surface area contributed by atoms with Gasteiger partial charge in [-0.2, -0.15) is 0 Å². The van der Waals surface area contributed by atoms with Crippen LogP contribution in [0.3, 0.4) is 0 Å². The quantitative estimate of drug-likeness (QED) is 0.496. The van der Waals surface area contributed by atoms with Gasteiger partial charge in [0.05, 0.1) is 7.11 Å². The van der Waals surface area contributed by atoms with Crippen molar-refractivity contribution in [2.75, 3.05) is 7.11 Å². The van der Waals surface area contributed by atoms with E-state index in [-0.39, 0.29) is 35.6 Å². The Morgan fingerprint density at radius 3 is 2.56 bits per heavy atom. The van der Waals surface area contributed by atoms with Crippen molar-refractivity contribution in [3.8, 4) is 23.0 Å². The highest BCUT2D eigenvalue weighted by atomic mass is 16.5. The predicted molar refractivity (Wildman–Crippen MR) is 123 cm³/mol. The van der Waals surface area contributed by atoms with Gasteiger partial charge < -0.3 is 19.7 Å². The maximum atomic E-state index is 12.7. The Balaban J connectivity index is 1.50. The SMILES string of the molecule is COc1cc(C(=O)CCc2cc3c(c(C)c2O)O[C@H](c2ccc(C)cc2)CC3)ccc1O. The molecular weight excluding hydrogens is 404 g/mol. The average molecular weight is 433 g/mol. The molecule has 0 fully saturated rings. The number of aryl methyl sites for hydroxylation is 3. The summed E-state index contributed by atoms with van der Waals surface area (Å²) in [6.45, 7) is 3.93. The van der Waals surface area contributed by atoms with Gasteiger partial charge in [0.1, 0.15) is 17.6 Å². The monoisotopic (exact) mass is 432 g/mol. The summed E-state index contributed by atoms with van der Waals surface area (Å²) in [5, 5.41) is 20.5. The largest absolute Gasteiger partial charge is 0.507 e. The van der Waals surface area contributed by atoms with Crippen molar-refractivity contribution in [3.05, 3.63) is 81.9 Å². The Morgan fingerprint density at radius 1 is 1.09 bits per heavy atom. The smallest absolute Gasteiger partial charge is 0.163 e. The van der Waals surface area contributed by atoms with Crippen LogP contribution in [0.1, 0.15) is 57.1 Å². The first kappa shape index (κ1) is 21.8. The van der Waals surface area contributed by atoms with E-state index >= 15 is 0 Å². The average Bonchev–Trinajstić information content (AvgIpc) is 2.81. The Hall–Kier alpha value is -3.47. The molecule has 1 atom stereocenters. The Kier molecular flexibility index (Phi) is 6.08. The molecule has 3 aromatic carbocycles. The van der Waals surface area contributed by atoms with Crippen molar-refractivity contribution in [3.63, 3.8) is 0 Å². The summed E-state index contributed by atoms with van der Waals surface area (Å²) in [4.78, 5) is 12.7. The zero-order valence-electron chi connectivity index (χ0n) is 18.6. The number of carbonyl (C=O) groups is 1. The molecule has 0 spiro atoms. The molecule has 0 saturated carbocycles. The van der Waals surface area contributed by atoms with E-state index in [0.29, 0.717) is 17.5 Å². The van der Waals surface area contributed by atoms with Crippen molar-refractivity contribution < 1.29 is 24.5 Å². The summed E-state index contributed by atoms with van der Waals surface area (Å²) in [6.07, 6.45) is 2.35. The number of phenolic OH excluding ortho intramolecular Hbond substituents is 2. The summed E-state index contributed by atoms with van der Waals surface area (Å²) in [5.74, 6) is 1.12. The Bertz CT molecular complexity index is 1150. The molecule has 0 radical (unpaired) electrons. The van der Waals surface area contributed by atoms with Gasteiger partial charge in [0, 0.05) is 17.5 Å². The molecule has 5 nitrogen and oxygen atoms in total. The number of aromatic hydroxyl groups is 2. The topological polar surface area (TPSA) is 76.0 Å². The second kappa shape index (κ2) is 8.95. The van der Waals surface area contributed by atoms with Crippen molar-refractivity contribution in [1.29, 1.82) is 0 Å². The highest BCUT2D eigenvalue weighted by Crippen LogP contribution is 2.42. The van der Waals surface area contributed by atoms with E-state index in [0.717, 1.165) is 35.3 Å². The number of phenols is 2. The lowest BCUT2D eigenvalue weighted by atomic mass is 9.91. The van der Waals surface area contributed by atoms with Crippen LogP contribution < -0.4 is 9.47 Å². The van der Waals surface area contributed by atoms with E-state index in [1.165, 1.54) is 24.8 Å². The molecular formula is C27H28O5. The summed E-state index contributed by atoms with van der Waals surface area (Å²) in [5.41, 5.74) is 5.35. The lowest BCUT2D eigenvalue weighted by Crippen LogP contribution is -2.16. The molecule has 0 aromatic heterocycles. The van der Waals surface area contributed by atoms with Crippen molar-refractivity contribution in [2.24, 2.45) is 0 Å². The van der Waals surface area contributed by atoms with Gasteiger partial charge in [0.15, 0.2) is 17.3 Å². The van der Waals surface area contributed by atoms with Gasteiger partial charge in [-0.15, -0.1) is 0 Å². The molecule has 0 saturated heterocycles. The maximum absolute atomic E-state index is 12.7. The summed E-state index contributed by atoms with van der Waals surface area (Å²) < 4.78 is 11.4. The van der Waals surface area contributed by atoms with Crippen LogP contribution in [0.5, 0.6) is 23.0 Å². The van der Waals surface area contributed by atoms with Gasteiger partial charge in [0.2, 0.25) is 0 Å². The van der Waals surface area contributed by atoms with E-state index in [9.17, 15) is 15.0 Å². The first-order chi connectivity index (χ1) is 15.4. The van der Waals surface area contributed by atoms with Gasteiger partial charge in [-0.1, -0.05) is 29.8 Å². The summed E-state index contributed by atoms with van der Waals surface area (Å²) in [6, 6.07) is 14.9. The van der Waals surface area contributed by atoms with Crippen LogP contribution in [-0.2, 0) is 12.8 Å². The molecule has 5 heteroatoms. The number of benzene rings is 3. The Morgan fingerprint density at radius 2 is 1.84 bits per heavy atom. The zero-order chi connectivity index (χ0) is 22.8. The minimum absolute atomic E-state index is 0.00375. The van der Waals surface area contributed by atoms with Crippen LogP contribution in [0.15, 0.2) is 48.5 Å². The fourth-order valence-electron chi connectivity index (χ4n) is 4.22. The summed E-state index contributed by atoms with van der Waals surface area (Å²) in [7, 11) is 1.45. The number of hydrogen-bond donors (Lipinski definition) is 2. The fourth-order valence-corrected chi connectivity index (χ4v) is 4.22. The number of rotatable bonds is 6. The van der Waals surface area contributed by atoms with Crippen molar-refractivity contribution in [1.82, 2.24) is 0 Å². The predicted octanol–water partition coefficient (Wildman–Crippen LogP) is 5.61. The lowest BCUT2D eigenvalue weighted by Gasteiger charge is -2.29. The maximum Gasteiger partial charge on any atom is 0.163 e. The molecule has 0 aliphatic carbocycles. The van der Waals surface area contributed by atoms with E-state index in [2.05, 4.69) is 31.2 Å². The summed E-state index contributed by atoms with van der Waals surface area (Å²) >= 11 is 0. The van der Waals surface area contributed by atoms with Gasteiger partial charge in [-0.25, -0.2) is 0 Å². The third kappa shape index (κ3) is 4.28. The minimum atomic E-state index is -0.0752. The lowest BCUT2D eigenvalue weighted by molar-refractivity contribution is 0.0982. The second-order valence-electron chi connectivity index (χ2n) is 8.36. The van der Waals surface area contributed by atoms with Gasteiger partial charge >= 0.3 is 0 Å². The molecule has 0 unspecified atom stereocenters. The van der Waals surface area contributed by atoms with Gasteiger partial charge in [-0.3, -0.25) is 4.79 Å². The highest BCUT2D eigenvalue weighted by molar-refractivity contribution is 5.96. The number of carbonyl (C=O) groups excluding carboxylic acids is 1. The van der Waals surface area contributed by atoms with Crippen molar-refractivity contribution in [2.45, 2.75) is 45.6 Å². The molecule has 32 heavy (non-hydrogen) atoms. The third-order valence-electron chi connectivity index (χ3n) is 6.15. The van der Waals surface area contributed by atoms with E-state index in [1.807, 2.05) is 13.0 Å². The number of ketones is 1. The number of Topliss-reactive ketones (excluding diaryl/α,β-unsaturated/α-hetero) is 1. The molecule has 1 heterocycles. The zero-order valence-corrected chi connectivity index (χ0v) is 18.6. The number of ether oxygens (including phenoxy) is 2. The molecule has 0 amide bonds. The second-order valence-corrected chi connectivity index (χ2v) is 8.36. The normalized spacial score (nSPS) is 15.0. The van der Waals surface area contributed by atoms with E-state index in [1.54, 1.807) is 6.07 Å². The van der Waals surface area contributed by atoms with Crippen LogP contribution in [-0.4, -0.2) is 23.1 Å². The molecule has 166 valence electrons. The Labute approximate surface area is 188 Å². The van der Waals surface area contributed by atoms with Gasteiger partial charge in [0.25, 0.3) is 0 Å². The molecule has 0 bridgehead atoms. The van der Waals surface area contributed by atoms with Crippen LogP contribution in [0.2, 0.25) is 0 Å². The molecule has 2 N–H and O–H groups in total. The molecule has 1 aliphatic rings. The molecule has 4 rings (SSSR count). The van der Waals surface area contributed by atoms with Crippen LogP contribution in [0, 0.1) is 13.8 Å².